The molecule has 0 spiro atoms. The molecule has 2 rings (SSSR count). The van der Waals surface area contributed by atoms with E-state index in [0.717, 1.165) is 10.7 Å². The Hall–Kier alpha value is -1.63. The Morgan fingerprint density at radius 2 is 2.36 bits per heavy atom. The van der Waals surface area contributed by atoms with E-state index < -0.39 is 11.5 Å². The summed E-state index contributed by atoms with van der Waals surface area (Å²) in [5.74, 6) is -1.29. The number of nitrogens with one attached hydrogen (secondary N) is 1. The van der Waals surface area contributed by atoms with Gasteiger partial charge in [0.15, 0.2) is 5.65 Å². The Morgan fingerprint density at radius 1 is 1.64 bits per heavy atom. The molecule has 0 saturated heterocycles. The number of nitrogens with zero attached hydrogens (tertiary/aromatic N) is 2. The van der Waals surface area contributed by atoms with Crippen LogP contribution in [-0.4, -0.2) is 25.7 Å². The van der Waals surface area contributed by atoms with Crippen molar-refractivity contribution in [2.75, 3.05) is 0 Å². The van der Waals surface area contributed by atoms with Gasteiger partial charge >= 0.3 is 5.97 Å². The number of carbonyl (C=O) groups is 1. The van der Waals surface area contributed by atoms with Crippen molar-refractivity contribution in [2.45, 2.75) is 0 Å². The lowest BCUT2D eigenvalue weighted by Crippen LogP contribution is -2.22. The van der Waals surface area contributed by atoms with E-state index >= 15 is 0 Å². The van der Waals surface area contributed by atoms with E-state index in [0.29, 0.717) is 10.3 Å². The number of hydrogen-bond donors (Lipinski definition) is 2. The van der Waals surface area contributed by atoms with Crippen LogP contribution in [0.3, 0.4) is 0 Å². The lowest BCUT2D eigenvalue weighted by Gasteiger charge is -1.94. The second-order valence-corrected chi connectivity index (χ2v) is 3.43. The normalized spacial score (nSPS) is 10.6. The second kappa shape index (κ2) is 2.95. The van der Waals surface area contributed by atoms with E-state index in [1.165, 1.54) is 0 Å². The van der Waals surface area contributed by atoms with Gasteiger partial charge in [-0.25, -0.2) is 9.78 Å². The van der Waals surface area contributed by atoms with Gasteiger partial charge in [0.1, 0.15) is 10.2 Å². The molecule has 0 bridgehead atoms. The number of aromatic carboxylic acids is 1. The standard InChI is InChI=1S/C7H4BrN3O3/c8-4-1-5-9-2-3(7(13)14)6(12)11(5)10-4/h1-2,10H,(H,13,14). The predicted molar refractivity (Wildman–Crippen MR) is 50.5 cm³/mol. The predicted octanol–water partition coefficient (Wildman–Crippen LogP) is 0.483. The minimum atomic E-state index is -1.29. The maximum absolute atomic E-state index is 11.5. The van der Waals surface area contributed by atoms with E-state index in [9.17, 15) is 9.59 Å². The molecule has 0 amide bonds. The fourth-order valence-corrected chi connectivity index (χ4v) is 1.46. The van der Waals surface area contributed by atoms with Crippen molar-refractivity contribution in [1.29, 1.82) is 0 Å². The van der Waals surface area contributed by atoms with Crippen molar-refractivity contribution >= 4 is 27.5 Å². The monoisotopic (exact) mass is 257 g/mol. The Labute approximate surface area is 85.3 Å². The molecule has 0 aliphatic rings. The van der Waals surface area contributed by atoms with Gasteiger partial charge in [0.25, 0.3) is 5.56 Å². The molecule has 0 unspecified atom stereocenters. The van der Waals surface area contributed by atoms with Crippen molar-refractivity contribution in [3.05, 3.63) is 32.8 Å². The van der Waals surface area contributed by atoms with Gasteiger partial charge < -0.3 is 5.11 Å². The zero-order valence-corrected chi connectivity index (χ0v) is 8.28. The van der Waals surface area contributed by atoms with E-state index in [1.807, 2.05) is 0 Å². The van der Waals surface area contributed by atoms with Crippen LogP contribution >= 0.6 is 15.9 Å². The SMILES string of the molecule is O=C(O)c1cnc2cc(Br)[nH]n2c1=O. The number of rotatable bonds is 1. The van der Waals surface area contributed by atoms with Crippen LogP contribution < -0.4 is 5.56 Å². The fraction of sp³-hybridized carbons (Fsp3) is 0. The van der Waals surface area contributed by atoms with Crippen molar-refractivity contribution in [3.63, 3.8) is 0 Å². The minimum absolute atomic E-state index is 0.364. The number of aromatic nitrogens is 3. The first-order valence-corrected chi connectivity index (χ1v) is 4.38. The molecular weight excluding hydrogens is 254 g/mol. The van der Waals surface area contributed by atoms with Crippen molar-refractivity contribution < 1.29 is 9.90 Å². The third-order valence-electron chi connectivity index (χ3n) is 1.69. The first-order chi connectivity index (χ1) is 6.59. The lowest BCUT2D eigenvalue weighted by molar-refractivity contribution is 0.0694. The van der Waals surface area contributed by atoms with Crippen molar-refractivity contribution in [2.24, 2.45) is 0 Å². The molecule has 0 saturated carbocycles. The molecule has 0 fully saturated rings. The van der Waals surface area contributed by atoms with Crippen LogP contribution in [-0.2, 0) is 0 Å². The van der Waals surface area contributed by atoms with Crippen LogP contribution in [0.5, 0.6) is 0 Å². The number of fused-ring (bicyclic) bond motifs is 1. The summed E-state index contributed by atoms with van der Waals surface area (Å²) in [6, 6.07) is 1.58. The van der Waals surface area contributed by atoms with E-state index in [-0.39, 0.29) is 5.56 Å². The quantitative estimate of drug-likeness (QED) is 0.778. The Bertz CT molecular complexity index is 571. The fourth-order valence-electron chi connectivity index (χ4n) is 1.08. The van der Waals surface area contributed by atoms with Gasteiger partial charge in [-0.2, -0.15) is 4.52 Å². The molecule has 0 atom stereocenters. The average Bonchev–Trinajstić information content (AvgIpc) is 2.46. The van der Waals surface area contributed by atoms with Crippen LogP contribution in [0.4, 0.5) is 0 Å². The molecule has 2 heterocycles. The molecule has 2 aromatic rings. The molecule has 0 aliphatic heterocycles. The van der Waals surface area contributed by atoms with Gasteiger partial charge in [0.05, 0.1) is 0 Å². The largest absolute Gasteiger partial charge is 0.477 e. The third-order valence-corrected chi connectivity index (χ3v) is 2.10. The Balaban J connectivity index is 2.88. The highest BCUT2D eigenvalue weighted by Gasteiger charge is 2.12. The van der Waals surface area contributed by atoms with Gasteiger partial charge in [-0.05, 0) is 15.9 Å². The van der Waals surface area contributed by atoms with Crippen LogP contribution in [0.15, 0.2) is 21.7 Å². The van der Waals surface area contributed by atoms with Crippen LogP contribution in [0.1, 0.15) is 10.4 Å². The first-order valence-electron chi connectivity index (χ1n) is 3.59. The van der Waals surface area contributed by atoms with Gasteiger partial charge in [0, 0.05) is 12.3 Å². The summed E-state index contributed by atoms with van der Waals surface area (Å²) in [4.78, 5) is 25.9. The van der Waals surface area contributed by atoms with E-state index in [1.54, 1.807) is 6.07 Å². The molecule has 14 heavy (non-hydrogen) atoms. The summed E-state index contributed by atoms with van der Waals surface area (Å²) < 4.78 is 1.62. The highest BCUT2D eigenvalue weighted by molar-refractivity contribution is 9.10. The van der Waals surface area contributed by atoms with Crippen LogP contribution in [0, 0.1) is 0 Å². The topological polar surface area (TPSA) is 87.5 Å². The smallest absolute Gasteiger partial charge is 0.343 e. The van der Waals surface area contributed by atoms with Crippen molar-refractivity contribution in [3.8, 4) is 0 Å². The lowest BCUT2D eigenvalue weighted by atomic mass is 10.3. The summed E-state index contributed by atoms with van der Waals surface area (Å²) in [6.45, 7) is 0. The third kappa shape index (κ3) is 1.22. The molecule has 72 valence electrons. The summed E-state index contributed by atoms with van der Waals surface area (Å²) >= 11 is 3.12. The van der Waals surface area contributed by atoms with Gasteiger partial charge in [0.2, 0.25) is 0 Å². The molecule has 2 aromatic heterocycles. The molecular formula is C7H4BrN3O3. The highest BCUT2D eigenvalue weighted by Crippen LogP contribution is 2.07. The maximum Gasteiger partial charge on any atom is 0.343 e. The number of carboxylic acids is 1. The van der Waals surface area contributed by atoms with E-state index in [4.69, 9.17) is 5.11 Å². The van der Waals surface area contributed by atoms with Crippen LogP contribution in [0.25, 0.3) is 5.65 Å². The molecule has 0 aromatic carbocycles. The molecule has 2 N–H and O–H groups in total. The zero-order chi connectivity index (χ0) is 10.3. The zero-order valence-electron chi connectivity index (χ0n) is 6.69. The summed E-state index contributed by atoms with van der Waals surface area (Å²) in [5, 5.41) is 11.3. The number of H-pyrrole nitrogens is 1. The summed E-state index contributed by atoms with van der Waals surface area (Å²) in [7, 11) is 0. The van der Waals surface area contributed by atoms with Gasteiger partial charge in [-0.15, -0.1) is 0 Å². The maximum atomic E-state index is 11.5. The first kappa shape index (κ1) is 8.95. The number of aromatic amines is 1. The van der Waals surface area contributed by atoms with Crippen LogP contribution in [0.2, 0.25) is 0 Å². The highest BCUT2D eigenvalue weighted by atomic mass is 79.9. The van der Waals surface area contributed by atoms with Gasteiger partial charge in [-0.1, -0.05) is 0 Å². The molecule has 7 heteroatoms. The molecule has 0 aliphatic carbocycles. The van der Waals surface area contributed by atoms with Gasteiger partial charge in [-0.3, -0.25) is 9.89 Å². The minimum Gasteiger partial charge on any atom is -0.477 e. The molecule has 6 nitrogen and oxygen atoms in total. The Kier molecular flexibility index (Phi) is 1.88. The number of halogens is 1. The Morgan fingerprint density at radius 3 is 3.00 bits per heavy atom. The van der Waals surface area contributed by atoms with Crippen molar-refractivity contribution in [1.82, 2.24) is 14.6 Å². The number of hydrogen-bond acceptors (Lipinski definition) is 3. The second-order valence-electron chi connectivity index (χ2n) is 2.58. The molecule has 0 radical (unpaired) electrons. The van der Waals surface area contributed by atoms with E-state index in [2.05, 4.69) is 26.0 Å². The summed E-state index contributed by atoms with van der Waals surface area (Å²) in [5.41, 5.74) is -0.628. The summed E-state index contributed by atoms with van der Waals surface area (Å²) in [6.07, 6.45) is 1.04. The average molecular weight is 258 g/mol. The number of carboxylic acid groups (broad SMARTS) is 1.